The van der Waals surface area contributed by atoms with E-state index in [1.165, 1.54) is 4.90 Å². The van der Waals surface area contributed by atoms with E-state index in [1.54, 1.807) is 45.2 Å². The number of hydrogen-bond donors (Lipinski definition) is 1. The summed E-state index contributed by atoms with van der Waals surface area (Å²) in [6, 6.07) is 11.9. The molecule has 0 bridgehead atoms. The number of hydrogen-bond acceptors (Lipinski definition) is 5. The number of amides is 2. The molecule has 0 saturated heterocycles. The maximum Gasteiger partial charge on any atom is 0.244 e. The Morgan fingerprint density at radius 3 is 2.44 bits per heavy atom. The van der Waals surface area contributed by atoms with Crippen molar-refractivity contribution < 1.29 is 22.7 Å². The number of ether oxygens (including phenoxy) is 1. The summed E-state index contributed by atoms with van der Waals surface area (Å²) in [5, 5.41) is 2.82. The number of carbonyl (C=O) groups is 2. The van der Waals surface area contributed by atoms with Crippen LogP contribution in [0.25, 0.3) is 0 Å². The zero-order valence-corrected chi connectivity index (χ0v) is 21.6. The van der Waals surface area contributed by atoms with Crippen molar-refractivity contribution in [1.82, 2.24) is 10.2 Å². The van der Waals surface area contributed by atoms with Gasteiger partial charge in [0.05, 0.1) is 19.1 Å². The van der Waals surface area contributed by atoms with E-state index in [1.807, 2.05) is 32.0 Å². The minimum absolute atomic E-state index is 0.126. The number of carbonyl (C=O) groups excluding carboxylic acids is 2. The highest BCUT2D eigenvalue weighted by Crippen LogP contribution is 2.25. The van der Waals surface area contributed by atoms with E-state index >= 15 is 0 Å². The van der Waals surface area contributed by atoms with E-state index in [-0.39, 0.29) is 12.5 Å². The molecule has 1 atom stereocenters. The normalized spacial score (nSPS) is 12.1. The average molecular weight is 490 g/mol. The van der Waals surface area contributed by atoms with Crippen LogP contribution in [-0.4, -0.2) is 57.6 Å². The molecule has 2 aromatic rings. The number of nitrogens with zero attached hydrogens (tertiary/aromatic N) is 2. The topological polar surface area (TPSA) is 96.0 Å². The molecule has 0 saturated carbocycles. The van der Waals surface area contributed by atoms with Crippen molar-refractivity contribution in [1.29, 1.82) is 0 Å². The first-order valence-electron chi connectivity index (χ1n) is 11.2. The molecule has 8 nitrogen and oxygen atoms in total. The van der Waals surface area contributed by atoms with Crippen molar-refractivity contribution in [3.8, 4) is 5.75 Å². The largest absolute Gasteiger partial charge is 0.497 e. The van der Waals surface area contributed by atoms with Crippen LogP contribution in [0.15, 0.2) is 42.5 Å². The third-order valence-corrected chi connectivity index (χ3v) is 6.64. The van der Waals surface area contributed by atoms with Crippen LogP contribution < -0.4 is 14.4 Å². The summed E-state index contributed by atoms with van der Waals surface area (Å²) in [5.74, 6) is -0.148. The lowest BCUT2D eigenvalue weighted by atomic mass is 10.1. The second-order valence-corrected chi connectivity index (χ2v) is 10.3. The summed E-state index contributed by atoms with van der Waals surface area (Å²) in [5.41, 5.74) is 2.82. The highest BCUT2D eigenvalue weighted by molar-refractivity contribution is 7.92. The molecule has 0 aliphatic rings. The first kappa shape index (κ1) is 27.2. The lowest BCUT2D eigenvalue weighted by Gasteiger charge is -2.32. The Labute approximate surface area is 202 Å². The van der Waals surface area contributed by atoms with Gasteiger partial charge in [0.2, 0.25) is 21.8 Å². The zero-order chi connectivity index (χ0) is 25.5. The van der Waals surface area contributed by atoms with Gasteiger partial charge >= 0.3 is 0 Å². The molecule has 0 unspecified atom stereocenters. The second kappa shape index (κ2) is 11.9. The number of anilines is 1. The van der Waals surface area contributed by atoms with Crippen molar-refractivity contribution in [2.24, 2.45) is 0 Å². The Hall–Kier alpha value is -3.07. The van der Waals surface area contributed by atoms with Crippen molar-refractivity contribution in [2.45, 2.75) is 46.7 Å². The van der Waals surface area contributed by atoms with Gasteiger partial charge in [0.25, 0.3) is 0 Å². The number of sulfonamides is 1. The molecule has 2 amide bonds. The molecule has 186 valence electrons. The van der Waals surface area contributed by atoms with E-state index in [4.69, 9.17) is 4.74 Å². The fourth-order valence-corrected chi connectivity index (χ4v) is 4.43. The number of aryl methyl sites for hydroxylation is 2. The average Bonchev–Trinajstić information content (AvgIpc) is 2.79. The maximum absolute atomic E-state index is 13.6. The van der Waals surface area contributed by atoms with Gasteiger partial charge in [-0.05, 0) is 62.1 Å². The molecule has 34 heavy (non-hydrogen) atoms. The molecule has 1 N–H and O–H groups in total. The molecule has 0 radical (unpaired) electrons. The number of methoxy groups -OCH3 is 1. The molecule has 0 aliphatic heterocycles. The van der Waals surface area contributed by atoms with Gasteiger partial charge in [0.1, 0.15) is 18.3 Å². The molecule has 0 fully saturated rings. The SMILES string of the molecule is CCCNC(=O)[C@H](C)N(Cc1cccc(OC)c1)C(=O)CN(c1cc(C)ccc1C)S(C)(=O)=O. The van der Waals surface area contributed by atoms with E-state index in [0.717, 1.165) is 33.7 Å². The molecule has 0 aliphatic carbocycles. The lowest BCUT2D eigenvalue weighted by Crippen LogP contribution is -2.51. The van der Waals surface area contributed by atoms with E-state index in [0.29, 0.717) is 18.0 Å². The number of benzene rings is 2. The predicted molar refractivity (Wildman–Crippen MR) is 134 cm³/mol. The molecular formula is C25H35N3O5S. The van der Waals surface area contributed by atoms with Crippen molar-refractivity contribution in [3.63, 3.8) is 0 Å². The second-order valence-electron chi connectivity index (χ2n) is 8.40. The van der Waals surface area contributed by atoms with Crippen LogP contribution >= 0.6 is 0 Å². The van der Waals surface area contributed by atoms with E-state index < -0.39 is 28.5 Å². The Kier molecular flexibility index (Phi) is 9.49. The van der Waals surface area contributed by atoms with Gasteiger partial charge in [0, 0.05) is 13.1 Å². The Bertz CT molecular complexity index is 1120. The van der Waals surface area contributed by atoms with Crippen LogP contribution in [0.3, 0.4) is 0 Å². The standard InChI is InChI=1S/C25H35N3O5S/c1-7-13-26-25(30)20(4)27(16-21-9-8-10-22(15-21)33-5)24(29)17-28(34(6,31)32)23-14-18(2)11-12-19(23)3/h8-12,14-15,20H,7,13,16-17H2,1-6H3,(H,26,30)/t20-/m0/s1. The highest BCUT2D eigenvalue weighted by Gasteiger charge is 2.30. The quantitative estimate of drug-likeness (QED) is 0.523. The molecule has 0 heterocycles. The first-order valence-corrected chi connectivity index (χ1v) is 13.1. The van der Waals surface area contributed by atoms with Crippen molar-refractivity contribution >= 4 is 27.5 Å². The van der Waals surface area contributed by atoms with Crippen LogP contribution in [0.4, 0.5) is 5.69 Å². The van der Waals surface area contributed by atoms with Gasteiger partial charge in [-0.3, -0.25) is 13.9 Å². The fourth-order valence-electron chi connectivity index (χ4n) is 3.53. The molecule has 9 heteroatoms. The first-order chi connectivity index (χ1) is 16.0. The highest BCUT2D eigenvalue weighted by atomic mass is 32.2. The Balaban J connectivity index is 2.43. The van der Waals surface area contributed by atoms with Crippen molar-refractivity contribution in [3.05, 3.63) is 59.2 Å². The molecule has 2 aromatic carbocycles. The summed E-state index contributed by atoms with van der Waals surface area (Å²) >= 11 is 0. The smallest absolute Gasteiger partial charge is 0.244 e. The molecular weight excluding hydrogens is 454 g/mol. The molecule has 0 aromatic heterocycles. The fraction of sp³-hybridized carbons (Fsp3) is 0.440. The Morgan fingerprint density at radius 1 is 1.12 bits per heavy atom. The summed E-state index contributed by atoms with van der Waals surface area (Å²) < 4.78 is 31.8. The number of rotatable bonds is 11. The third kappa shape index (κ3) is 7.21. The third-order valence-electron chi connectivity index (χ3n) is 5.52. The summed E-state index contributed by atoms with van der Waals surface area (Å²) in [4.78, 5) is 27.7. The minimum atomic E-state index is -3.76. The van der Waals surface area contributed by atoms with Gasteiger partial charge < -0.3 is 15.0 Å². The van der Waals surface area contributed by atoms with Gasteiger partial charge in [-0.15, -0.1) is 0 Å². The molecule has 0 spiro atoms. The van der Waals surface area contributed by atoms with Crippen LogP contribution in [-0.2, 0) is 26.2 Å². The zero-order valence-electron chi connectivity index (χ0n) is 20.8. The lowest BCUT2D eigenvalue weighted by molar-refractivity contribution is -0.139. The van der Waals surface area contributed by atoms with E-state index in [9.17, 15) is 18.0 Å². The van der Waals surface area contributed by atoms with Gasteiger partial charge in [-0.25, -0.2) is 8.42 Å². The van der Waals surface area contributed by atoms with Crippen LogP contribution in [0.5, 0.6) is 5.75 Å². The minimum Gasteiger partial charge on any atom is -0.497 e. The Morgan fingerprint density at radius 2 is 1.82 bits per heavy atom. The van der Waals surface area contributed by atoms with Gasteiger partial charge in [0.15, 0.2) is 0 Å². The van der Waals surface area contributed by atoms with Crippen LogP contribution in [0, 0.1) is 13.8 Å². The maximum atomic E-state index is 13.6. The summed E-state index contributed by atoms with van der Waals surface area (Å²) in [6.45, 7) is 7.44. The summed E-state index contributed by atoms with van der Waals surface area (Å²) in [6.07, 6.45) is 1.84. The summed E-state index contributed by atoms with van der Waals surface area (Å²) in [7, 11) is -2.21. The van der Waals surface area contributed by atoms with Crippen LogP contribution in [0.1, 0.15) is 37.0 Å². The van der Waals surface area contributed by atoms with Gasteiger partial charge in [-0.2, -0.15) is 0 Å². The van der Waals surface area contributed by atoms with Crippen LogP contribution in [0.2, 0.25) is 0 Å². The predicted octanol–water partition coefficient (Wildman–Crippen LogP) is 3.02. The van der Waals surface area contributed by atoms with Crippen molar-refractivity contribution in [2.75, 3.05) is 30.8 Å². The monoisotopic (exact) mass is 489 g/mol. The van der Waals surface area contributed by atoms with E-state index in [2.05, 4.69) is 5.32 Å². The number of nitrogens with one attached hydrogen (secondary N) is 1. The van der Waals surface area contributed by atoms with Gasteiger partial charge in [-0.1, -0.05) is 31.2 Å². The molecule has 2 rings (SSSR count).